The van der Waals surface area contributed by atoms with Gasteiger partial charge in [0.15, 0.2) is 0 Å². The molecule has 2 fully saturated rings. The summed E-state index contributed by atoms with van der Waals surface area (Å²) in [6.45, 7) is 5.99. The number of methoxy groups -OCH3 is 1. The third-order valence-corrected chi connectivity index (χ3v) is 6.99. The Morgan fingerprint density at radius 3 is 2.74 bits per heavy atom. The van der Waals surface area contributed by atoms with E-state index in [0.29, 0.717) is 18.5 Å². The molecule has 1 aromatic carbocycles. The van der Waals surface area contributed by atoms with E-state index >= 15 is 0 Å². The van der Waals surface area contributed by atoms with Crippen LogP contribution in [0.3, 0.4) is 0 Å². The van der Waals surface area contributed by atoms with Gasteiger partial charge in [0.05, 0.1) is 37.6 Å². The number of rotatable bonds is 7. The number of hydrogen-bond acceptors (Lipinski definition) is 7. The quantitative estimate of drug-likeness (QED) is 0.550. The van der Waals surface area contributed by atoms with E-state index in [1.165, 1.54) is 16.9 Å². The van der Waals surface area contributed by atoms with Crippen molar-refractivity contribution in [2.45, 2.75) is 50.7 Å². The van der Waals surface area contributed by atoms with E-state index in [0.717, 1.165) is 63.1 Å². The lowest BCUT2D eigenvalue weighted by molar-refractivity contribution is 0.121. The average Bonchev–Trinajstić information content (AvgIpc) is 3.24. The Labute approximate surface area is 200 Å². The number of fused-ring (bicyclic) bond motifs is 1. The second kappa shape index (κ2) is 10.3. The number of nitrogens with zero attached hydrogens (tertiary/aromatic N) is 4. The predicted octanol–water partition coefficient (Wildman–Crippen LogP) is 3.70. The lowest BCUT2D eigenvalue weighted by atomic mass is 9.85. The van der Waals surface area contributed by atoms with Gasteiger partial charge in [-0.3, -0.25) is 0 Å². The fourth-order valence-electron chi connectivity index (χ4n) is 5.18. The summed E-state index contributed by atoms with van der Waals surface area (Å²) in [6.07, 6.45) is 5.34. The summed E-state index contributed by atoms with van der Waals surface area (Å²) in [6, 6.07) is 11.1. The molecular formula is C26H35N5O3. The van der Waals surface area contributed by atoms with Gasteiger partial charge in [-0.1, -0.05) is 12.1 Å². The van der Waals surface area contributed by atoms with E-state index in [4.69, 9.17) is 14.6 Å². The molecule has 0 radical (unpaired) electrons. The molecule has 34 heavy (non-hydrogen) atoms. The molecule has 1 saturated carbocycles. The number of anilines is 2. The average molecular weight is 466 g/mol. The van der Waals surface area contributed by atoms with Gasteiger partial charge in [-0.2, -0.15) is 0 Å². The first-order chi connectivity index (χ1) is 16.6. The molecule has 0 bridgehead atoms. The van der Waals surface area contributed by atoms with Crippen molar-refractivity contribution in [1.82, 2.24) is 14.6 Å². The highest BCUT2D eigenvalue weighted by atomic mass is 16.5. The molecule has 2 aromatic heterocycles. The first-order valence-corrected chi connectivity index (χ1v) is 12.4. The number of hydrogen-bond donors (Lipinski definition) is 2. The van der Waals surface area contributed by atoms with Crippen LogP contribution in [-0.2, 0) is 9.47 Å². The SMILES string of the molecule is COC[C@H](C)Nc1ncc2c(-c3cccc(N4CCOCC4)c3)cc(C3CCC(O)CC3)n2n1. The van der Waals surface area contributed by atoms with E-state index in [9.17, 15) is 5.11 Å². The first kappa shape index (κ1) is 23.1. The highest BCUT2D eigenvalue weighted by Crippen LogP contribution is 2.38. The molecule has 182 valence electrons. The fourth-order valence-corrected chi connectivity index (χ4v) is 5.18. The predicted molar refractivity (Wildman–Crippen MR) is 134 cm³/mol. The minimum atomic E-state index is -0.186. The molecule has 1 aliphatic heterocycles. The lowest BCUT2D eigenvalue weighted by Gasteiger charge is -2.29. The second-order valence-electron chi connectivity index (χ2n) is 9.52. The zero-order valence-electron chi connectivity index (χ0n) is 20.1. The summed E-state index contributed by atoms with van der Waals surface area (Å²) in [5, 5.41) is 18.3. The largest absolute Gasteiger partial charge is 0.393 e. The lowest BCUT2D eigenvalue weighted by Crippen LogP contribution is -2.36. The normalized spacial score (nSPS) is 22.1. The van der Waals surface area contributed by atoms with Crippen LogP contribution in [-0.4, -0.2) is 71.9 Å². The van der Waals surface area contributed by atoms with Crippen molar-refractivity contribution in [3.05, 3.63) is 42.2 Å². The van der Waals surface area contributed by atoms with Crippen LogP contribution >= 0.6 is 0 Å². The molecule has 1 atom stereocenters. The molecule has 0 spiro atoms. The maximum atomic E-state index is 10.1. The number of nitrogens with one attached hydrogen (secondary N) is 1. The van der Waals surface area contributed by atoms with Crippen LogP contribution in [0.15, 0.2) is 36.5 Å². The van der Waals surface area contributed by atoms with Crippen LogP contribution in [0.5, 0.6) is 0 Å². The summed E-state index contributed by atoms with van der Waals surface area (Å²) in [5.74, 6) is 0.963. The minimum Gasteiger partial charge on any atom is -0.393 e. The number of aliphatic hydroxyl groups excluding tert-OH is 1. The summed E-state index contributed by atoms with van der Waals surface area (Å²) in [4.78, 5) is 7.01. The van der Waals surface area contributed by atoms with Crippen molar-refractivity contribution in [3.63, 3.8) is 0 Å². The maximum absolute atomic E-state index is 10.1. The highest BCUT2D eigenvalue weighted by molar-refractivity contribution is 5.83. The monoisotopic (exact) mass is 465 g/mol. The second-order valence-corrected chi connectivity index (χ2v) is 9.52. The molecule has 3 heterocycles. The Kier molecular flexibility index (Phi) is 6.99. The molecule has 0 unspecified atom stereocenters. The Bertz CT molecular complexity index is 1100. The van der Waals surface area contributed by atoms with Gasteiger partial charge in [-0.15, -0.1) is 5.10 Å². The third-order valence-electron chi connectivity index (χ3n) is 6.99. The standard InChI is InChI=1S/C26H35N5O3/c1-18(17-33-2)28-26-27-16-25-23(15-24(31(25)29-26)19-6-8-22(32)9-7-19)20-4-3-5-21(14-20)30-10-12-34-13-11-30/h3-5,14-16,18-19,22,32H,6-13,17H2,1-2H3,(H,28,29)/t18-,19?,22?/m0/s1. The van der Waals surface area contributed by atoms with Crippen molar-refractivity contribution < 1.29 is 14.6 Å². The summed E-state index contributed by atoms with van der Waals surface area (Å²) in [7, 11) is 1.70. The first-order valence-electron chi connectivity index (χ1n) is 12.4. The summed E-state index contributed by atoms with van der Waals surface area (Å²) < 4.78 is 12.9. The van der Waals surface area contributed by atoms with E-state index in [2.05, 4.69) is 57.0 Å². The number of morpholine rings is 1. The van der Waals surface area contributed by atoms with Gasteiger partial charge in [-0.05, 0) is 56.4 Å². The molecule has 1 aliphatic carbocycles. The van der Waals surface area contributed by atoms with Gasteiger partial charge in [0.1, 0.15) is 0 Å². The number of benzene rings is 1. The van der Waals surface area contributed by atoms with Crippen LogP contribution in [0.25, 0.3) is 16.6 Å². The number of ether oxygens (including phenoxy) is 2. The van der Waals surface area contributed by atoms with Crippen molar-refractivity contribution in [2.24, 2.45) is 0 Å². The Hall–Kier alpha value is -2.68. The van der Waals surface area contributed by atoms with Crippen molar-refractivity contribution in [2.75, 3.05) is 50.2 Å². The van der Waals surface area contributed by atoms with E-state index in [1.807, 2.05) is 6.20 Å². The van der Waals surface area contributed by atoms with Crippen LogP contribution in [0.2, 0.25) is 0 Å². The van der Waals surface area contributed by atoms with E-state index < -0.39 is 0 Å². The molecule has 8 heteroatoms. The van der Waals surface area contributed by atoms with Crippen LogP contribution in [0.4, 0.5) is 11.6 Å². The van der Waals surface area contributed by atoms with Gasteiger partial charge in [-0.25, -0.2) is 9.50 Å². The van der Waals surface area contributed by atoms with Gasteiger partial charge >= 0.3 is 0 Å². The number of aromatic nitrogens is 3. The van der Waals surface area contributed by atoms with Crippen molar-refractivity contribution >= 4 is 17.2 Å². The van der Waals surface area contributed by atoms with Crippen LogP contribution in [0.1, 0.15) is 44.2 Å². The third kappa shape index (κ3) is 4.89. The highest BCUT2D eigenvalue weighted by Gasteiger charge is 2.26. The Morgan fingerprint density at radius 1 is 1.18 bits per heavy atom. The molecule has 8 nitrogen and oxygen atoms in total. The topological polar surface area (TPSA) is 84.2 Å². The number of aliphatic hydroxyl groups is 1. The van der Waals surface area contributed by atoms with E-state index in [-0.39, 0.29) is 12.1 Å². The van der Waals surface area contributed by atoms with Crippen molar-refractivity contribution in [3.8, 4) is 11.1 Å². The molecule has 5 rings (SSSR count). The zero-order valence-corrected chi connectivity index (χ0v) is 20.1. The zero-order chi connectivity index (χ0) is 23.5. The van der Waals surface area contributed by atoms with Gasteiger partial charge in [0.25, 0.3) is 0 Å². The Morgan fingerprint density at radius 2 is 1.97 bits per heavy atom. The van der Waals surface area contributed by atoms with Gasteiger partial charge < -0.3 is 24.8 Å². The van der Waals surface area contributed by atoms with Crippen molar-refractivity contribution in [1.29, 1.82) is 0 Å². The van der Waals surface area contributed by atoms with Gasteiger partial charge in [0, 0.05) is 49.1 Å². The maximum Gasteiger partial charge on any atom is 0.241 e. The molecule has 2 N–H and O–H groups in total. The molecule has 0 amide bonds. The van der Waals surface area contributed by atoms with Crippen LogP contribution < -0.4 is 10.2 Å². The fraction of sp³-hybridized carbons (Fsp3) is 0.538. The minimum absolute atomic E-state index is 0.107. The van der Waals surface area contributed by atoms with Gasteiger partial charge in [0.2, 0.25) is 5.95 Å². The molecule has 3 aromatic rings. The Balaban J connectivity index is 1.54. The summed E-state index contributed by atoms with van der Waals surface area (Å²) >= 11 is 0. The molecule has 2 aliphatic rings. The van der Waals surface area contributed by atoms with Crippen LogP contribution in [0, 0.1) is 0 Å². The van der Waals surface area contributed by atoms with E-state index in [1.54, 1.807) is 7.11 Å². The molecular weight excluding hydrogens is 430 g/mol. The smallest absolute Gasteiger partial charge is 0.241 e. The summed E-state index contributed by atoms with van der Waals surface area (Å²) in [5.41, 5.74) is 5.73. The molecule has 1 saturated heterocycles.